The highest BCUT2D eigenvalue weighted by molar-refractivity contribution is 5.93. The number of carbonyl (C=O) groups excluding carboxylic acids is 1. The maximum absolute atomic E-state index is 12.8. The largest absolute Gasteiger partial charge is 0.366 e. The average Bonchev–Trinajstić information content (AvgIpc) is 3.31. The van der Waals surface area contributed by atoms with E-state index in [1.807, 2.05) is 18.2 Å². The lowest BCUT2D eigenvalue weighted by Gasteiger charge is -2.31. The second-order valence-corrected chi connectivity index (χ2v) is 5.65. The molecule has 0 radical (unpaired) electrons. The van der Waals surface area contributed by atoms with Gasteiger partial charge < -0.3 is 9.64 Å². The summed E-state index contributed by atoms with van der Waals surface area (Å²) in [6.45, 7) is 1.30. The fourth-order valence-electron chi connectivity index (χ4n) is 2.75. The normalized spacial score (nSPS) is 17.6. The minimum absolute atomic E-state index is 0.141. The molecule has 1 amide bonds. The molecule has 1 atom stereocenters. The molecule has 3 aromatic rings. The van der Waals surface area contributed by atoms with Crippen LogP contribution in [0, 0.1) is 0 Å². The molecule has 1 fully saturated rings. The van der Waals surface area contributed by atoms with Gasteiger partial charge in [-0.3, -0.25) is 14.9 Å². The van der Waals surface area contributed by atoms with E-state index < -0.39 is 0 Å². The Morgan fingerprint density at radius 1 is 1.36 bits per heavy atom. The predicted octanol–water partition coefficient (Wildman–Crippen LogP) is 0.209. The lowest BCUT2D eigenvalue weighted by atomic mass is 10.2. The molecule has 0 aliphatic carbocycles. The standard InChI is InChI=1S/C15H16N8O2/c1-22-14(19-20-21-22)13-9-23(6-7-25-13)15(24)12-8-11(17-18-12)10-4-2-3-5-16-10/h2-5,8,13H,6-7,9H2,1H3,(H,17,18). The van der Waals surface area contributed by atoms with Gasteiger partial charge in [-0.25, -0.2) is 4.68 Å². The maximum Gasteiger partial charge on any atom is 0.272 e. The Hall–Kier alpha value is -3.14. The van der Waals surface area contributed by atoms with Crippen LogP contribution in [-0.4, -0.2) is 65.9 Å². The molecule has 1 saturated heterocycles. The van der Waals surface area contributed by atoms with E-state index in [4.69, 9.17) is 4.74 Å². The van der Waals surface area contributed by atoms with E-state index in [-0.39, 0.29) is 12.0 Å². The summed E-state index contributed by atoms with van der Waals surface area (Å²) in [6.07, 6.45) is 1.34. The number of nitrogens with zero attached hydrogens (tertiary/aromatic N) is 7. The zero-order valence-corrected chi connectivity index (χ0v) is 13.5. The van der Waals surface area contributed by atoms with E-state index in [0.717, 1.165) is 0 Å². The first-order valence-electron chi connectivity index (χ1n) is 7.82. The van der Waals surface area contributed by atoms with Crippen LogP contribution in [0.5, 0.6) is 0 Å². The Bertz CT molecular complexity index is 875. The van der Waals surface area contributed by atoms with Gasteiger partial charge in [0.2, 0.25) is 0 Å². The van der Waals surface area contributed by atoms with E-state index in [2.05, 4.69) is 30.7 Å². The van der Waals surface area contributed by atoms with Crippen LogP contribution in [0.25, 0.3) is 11.4 Å². The highest BCUT2D eigenvalue weighted by atomic mass is 16.5. The number of aryl methyl sites for hydroxylation is 1. The van der Waals surface area contributed by atoms with Crippen LogP contribution in [0.15, 0.2) is 30.5 Å². The number of tetrazole rings is 1. The number of nitrogens with one attached hydrogen (secondary N) is 1. The minimum Gasteiger partial charge on any atom is -0.366 e. The fraction of sp³-hybridized carbons (Fsp3) is 0.333. The van der Waals surface area contributed by atoms with Crippen LogP contribution in [0.4, 0.5) is 0 Å². The monoisotopic (exact) mass is 340 g/mol. The lowest BCUT2D eigenvalue weighted by Crippen LogP contribution is -2.43. The summed E-state index contributed by atoms with van der Waals surface area (Å²) in [6, 6.07) is 7.26. The molecule has 4 rings (SSSR count). The Balaban J connectivity index is 1.51. The summed E-state index contributed by atoms with van der Waals surface area (Å²) < 4.78 is 7.25. The zero-order chi connectivity index (χ0) is 17.2. The smallest absolute Gasteiger partial charge is 0.272 e. The molecule has 0 aromatic carbocycles. The van der Waals surface area contributed by atoms with Gasteiger partial charge in [0, 0.05) is 19.8 Å². The van der Waals surface area contributed by atoms with Crippen molar-refractivity contribution in [1.82, 2.24) is 40.3 Å². The molecule has 0 spiro atoms. The van der Waals surface area contributed by atoms with Gasteiger partial charge in [-0.2, -0.15) is 5.10 Å². The van der Waals surface area contributed by atoms with Gasteiger partial charge in [0.1, 0.15) is 17.5 Å². The number of hydrogen-bond donors (Lipinski definition) is 1. The number of rotatable bonds is 3. The van der Waals surface area contributed by atoms with Crippen molar-refractivity contribution in [3.63, 3.8) is 0 Å². The SMILES string of the molecule is Cn1nnnc1C1CN(C(=O)c2cc(-c3ccccn3)n[nH]2)CCO1. The van der Waals surface area contributed by atoms with Crippen LogP contribution >= 0.6 is 0 Å². The van der Waals surface area contributed by atoms with Crippen molar-refractivity contribution in [1.29, 1.82) is 0 Å². The topological polar surface area (TPSA) is 115 Å². The minimum atomic E-state index is -0.351. The third-order valence-electron chi connectivity index (χ3n) is 4.03. The number of amides is 1. The van der Waals surface area contributed by atoms with Crippen LogP contribution in [-0.2, 0) is 11.8 Å². The number of ether oxygens (including phenoxy) is 1. The Kier molecular flexibility index (Phi) is 3.94. The lowest BCUT2D eigenvalue weighted by molar-refractivity contribution is -0.0285. The second kappa shape index (κ2) is 6.40. The Morgan fingerprint density at radius 3 is 3.04 bits per heavy atom. The Morgan fingerprint density at radius 2 is 2.28 bits per heavy atom. The highest BCUT2D eigenvalue weighted by Gasteiger charge is 2.30. The number of carbonyl (C=O) groups is 1. The summed E-state index contributed by atoms with van der Waals surface area (Å²) in [5.41, 5.74) is 1.76. The summed E-state index contributed by atoms with van der Waals surface area (Å²) >= 11 is 0. The number of hydrogen-bond acceptors (Lipinski definition) is 7. The van der Waals surface area contributed by atoms with Crippen LogP contribution in [0.2, 0.25) is 0 Å². The third-order valence-corrected chi connectivity index (χ3v) is 4.03. The molecule has 25 heavy (non-hydrogen) atoms. The molecule has 1 aliphatic rings. The van der Waals surface area contributed by atoms with Gasteiger partial charge in [0.15, 0.2) is 5.82 Å². The number of aromatic amines is 1. The molecule has 1 aliphatic heterocycles. The summed E-state index contributed by atoms with van der Waals surface area (Å²) in [7, 11) is 1.74. The van der Waals surface area contributed by atoms with E-state index in [1.54, 1.807) is 28.9 Å². The van der Waals surface area contributed by atoms with Gasteiger partial charge in [-0.1, -0.05) is 6.07 Å². The quantitative estimate of drug-likeness (QED) is 0.724. The van der Waals surface area contributed by atoms with Gasteiger partial charge >= 0.3 is 0 Å². The van der Waals surface area contributed by atoms with Crippen molar-refractivity contribution >= 4 is 5.91 Å². The molecule has 0 bridgehead atoms. The molecule has 1 unspecified atom stereocenters. The number of aromatic nitrogens is 7. The first-order valence-corrected chi connectivity index (χ1v) is 7.82. The summed E-state index contributed by atoms with van der Waals surface area (Å²) in [5.74, 6) is 0.453. The highest BCUT2D eigenvalue weighted by Crippen LogP contribution is 2.21. The molecule has 10 nitrogen and oxygen atoms in total. The molecule has 3 aromatic heterocycles. The Labute approximate surface area is 142 Å². The first kappa shape index (κ1) is 15.4. The van der Waals surface area contributed by atoms with Gasteiger partial charge in [0.25, 0.3) is 5.91 Å². The summed E-state index contributed by atoms with van der Waals surface area (Å²) in [4.78, 5) is 18.7. The number of morpholine rings is 1. The van der Waals surface area contributed by atoms with Crippen molar-refractivity contribution in [2.75, 3.05) is 19.7 Å². The van der Waals surface area contributed by atoms with E-state index in [0.29, 0.717) is 42.6 Å². The maximum atomic E-state index is 12.8. The van der Waals surface area contributed by atoms with Crippen molar-refractivity contribution in [3.05, 3.63) is 42.0 Å². The molecular formula is C15H16N8O2. The number of pyridine rings is 1. The zero-order valence-electron chi connectivity index (χ0n) is 13.5. The molecule has 0 saturated carbocycles. The van der Waals surface area contributed by atoms with Crippen LogP contribution in [0.1, 0.15) is 22.4 Å². The number of H-pyrrole nitrogens is 1. The second-order valence-electron chi connectivity index (χ2n) is 5.65. The first-order chi connectivity index (χ1) is 12.2. The van der Waals surface area contributed by atoms with E-state index in [1.165, 1.54) is 0 Å². The average molecular weight is 340 g/mol. The van der Waals surface area contributed by atoms with Crippen LogP contribution in [0.3, 0.4) is 0 Å². The van der Waals surface area contributed by atoms with Crippen molar-refractivity contribution in [3.8, 4) is 11.4 Å². The molecule has 128 valence electrons. The molecular weight excluding hydrogens is 324 g/mol. The van der Waals surface area contributed by atoms with Crippen molar-refractivity contribution in [2.24, 2.45) is 7.05 Å². The van der Waals surface area contributed by atoms with E-state index >= 15 is 0 Å². The van der Waals surface area contributed by atoms with Crippen molar-refractivity contribution in [2.45, 2.75) is 6.10 Å². The van der Waals surface area contributed by atoms with E-state index in [9.17, 15) is 4.79 Å². The molecule has 10 heteroatoms. The van der Waals surface area contributed by atoms with Crippen molar-refractivity contribution < 1.29 is 9.53 Å². The fourth-order valence-corrected chi connectivity index (χ4v) is 2.75. The predicted molar refractivity (Wildman–Crippen MR) is 85.2 cm³/mol. The third kappa shape index (κ3) is 2.98. The van der Waals surface area contributed by atoms with Crippen LogP contribution < -0.4 is 0 Å². The summed E-state index contributed by atoms with van der Waals surface area (Å²) in [5, 5.41) is 18.4. The van der Waals surface area contributed by atoms with Gasteiger partial charge in [-0.05, 0) is 28.6 Å². The van der Waals surface area contributed by atoms with Gasteiger partial charge in [0.05, 0.1) is 18.8 Å². The molecule has 4 heterocycles. The van der Waals surface area contributed by atoms with Gasteiger partial charge in [-0.15, -0.1) is 5.10 Å². The molecule has 1 N–H and O–H groups in total.